The van der Waals surface area contributed by atoms with Crippen molar-refractivity contribution in [3.8, 4) is 0 Å². The molecule has 0 unspecified atom stereocenters. The van der Waals surface area contributed by atoms with Gasteiger partial charge in [-0.2, -0.15) is 0 Å². The number of hydrogen-bond acceptors (Lipinski definition) is 2. The molecule has 0 fully saturated rings. The minimum atomic E-state index is 0.736. The maximum atomic E-state index is 4.03. The van der Waals surface area contributed by atoms with Gasteiger partial charge in [-0.15, -0.1) is 0 Å². The highest BCUT2D eigenvalue weighted by Crippen LogP contribution is 1.84. The van der Waals surface area contributed by atoms with Crippen LogP contribution >= 0.6 is 0 Å². The molecule has 0 saturated carbocycles. The van der Waals surface area contributed by atoms with E-state index in [-0.39, 0.29) is 0 Å². The highest BCUT2D eigenvalue weighted by Gasteiger charge is 1.98. The molecular weight excluding hydrogens is 140 g/mol. The summed E-state index contributed by atoms with van der Waals surface area (Å²) >= 11 is 0. The summed E-state index contributed by atoms with van der Waals surface area (Å²) in [6.45, 7) is 0. The van der Waals surface area contributed by atoms with Crippen LogP contribution in [0.5, 0.6) is 0 Å². The van der Waals surface area contributed by atoms with E-state index in [2.05, 4.69) is 20.6 Å². The van der Waals surface area contributed by atoms with Crippen molar-refractivity contribution >= 4 is 11.7 Å². The Balaban J connectivity index is 4.00. The van der Waals surface area contributed by atoms with Gasteiger partial charge in [-0.05, 0) is 0 Å². The lowest BCUT2D eigenvalue weighted by Crippen LogP contribution is -2.28. The zero-order valence-corrected chi connectivity index (χ0v) is 7.60. The molecule has 4 nitrogen and oxygen atoms in total. The second-order valence-electron chi connectivity index (χ2n) is 2.02. The van der Waals surface area contributed by atoms with Crippen molar-refractivity contribution in [3.05, 3.63) is 0 Å². The van der Waals surface area contributed by atoms with Gasteiger partial charge in [0.15, 0.2) is 0 Å². The predicted octanol–water partition coefficient (Wildman–Crippen LogP) is -0.128. The van der Waals surface area contributed by atoms with E-state index in [1.165, 1.54) is 0 Å². The monoisotopic (exact) mass is 156 g/mol. The summed E-state index contributed by atoms with van der Waals surface area (Å²) in [7, 11) is 7.22. The topological polar surface area (TPSA) is 48.8 Å². The molecule has 0 aromatic carbocycles. The second-order valence-corrected chi connectivity index (χ2v) is 2.02. The van der Waals surface area contributed by atoms with E-state index in [1.807, 2.05) is 14.1 Å². The lowest BCUT2D eigenvalue weighted by atomic mass is 10.3. The van der Waals surface area contributed by atoms with Gasteiger partial charge in [0.1, 0.15) is 11.7 Å². The molecule has 0 aromatic heterocycles. The van der Waals surface area contributed by atoms with E-state index in [1.54, 1.807) is 14.1 Å². The summed E-state index contributed by atoms with van der Waals surface area (Å²) in [6.07, 6.45) is 0.736. The molecule has 0 aliphatic carbocycles. The first-order valence-corrected chi connectivity index (χ1v) is 3.55. The van der Waals surface area contributed by atoms with Crippen LogP contribution in [0.1, 0.15) is 6.42 Å². The molecule has 0 amide bonds. The van der Waals surface area contributed by atoms with E-state index in [0.29, 0.717) is 0 Å². The molecule has 0 rings (SSSR count). The molecule has 64 valence electrons. The lowest BCUT2D eigenvalue weighted by molar-refractivity contribution is 1.06. The van der Waals surface area contributed by atoms with Gasteiger partial charge in [-0.1, -0.05) is 0 Å². The Morgan fingerprint density at radius 2 is 1.36 bits per heavy atom. The van der Waals surface area contributed by atoms with Gasteiger partial charge in [0.05, 0.1) is 6.42 Å². The molecule has 0 aromatic rings. The zero-order chi connectivity index (χ0) is 8.69. The molecule has 2 N–H and O–H groups in total. The maximum absolute atomic E-state index is 4.03. The SMILES string of the molecule is CN=C(CC(=NC)NC)NC. The van der Waals surface area contributed by atoms with Gasteiger partial charge in [0, 0.05) is 28.2 Å². The summed E-state index contributed by atoms with van der Waals surface area (Å²) in [5.41, 5.74) is 0. The van der Waals surface area contributed by atoms with Gasteiger partial charge in [-0.3, -0.25) is 9.98 Å². The fourth-order valence-electron chi connectivity index (χ4n) is 0.717. The molecule has 0 aliphatic heterocycles. The molecule has 0 saturated heterocycles. The third-order valence-corrected chi connectivity index (χ3v) is 1.45. The third kappa shape index (κ3) is 3.60. The molecule has 11 heavy (non-hydrogen) atoms. The van der Waals surface area contributed by atoms with Crippen molar-refractivity contribution in [3.63, 3.8) is 0 Å². The Hall–Kier alpha value is -1.06. The van der Waals surface area contributed by atoms with Crippen LogP contribution in [0.25, 0.3) is 0 Å². The van der Waals surface area contributed by atoms with Crippen LogP contribution in [-0.2, 0) is 0 Å². The van der Waals surface area contributed by atoms with Crippen LogP contribution in [0, 0.1) is 0 Å². The fourth-order valence-corrected chi connectivity index (χ4v) is 0.717. The standard InChI is InChI=1S/C7H16N4/c1-8-6(9-2)5-7(10-3)11-4/h5H2,1-4H3,(H,8,9)(H,10,11). The summed E-state index contributed by atoms with van der Waals surface area (Å²) < 4.78 is 0. The molecule has 4 heteroatoms. The van der Waals surface area contributed by atoms with E-state index in [4.69, 9.17) is 0 Å². The maximum Gasteiger partial charge on any atom is 0.103 e. The summed E-state index contributed by atoms with van der Waals surface area (Å²) in [5.74, 6) is 1.86. The number of nitrogens with zero attached hydrogens (tertiary/aromatic N) is 2. The van der Waals surface area contributed by atoms with Gasteiger partial charge in [-0.25, -0.2) is 0 Å². The largest absolute Gasteiger partial charge is 0.377 e. The number of nitrogens with one attached hydrogen (secondary N) is 2. The molecule has 0 aliphatic rings. The number of rotatable bonds is 2. The second kappa shape index (κ2) is 5.70. The fraction of sp³-hybridized carbons (Fsp3) is 0.714. The number of hydrogen-bond donors (Lipinski definition) is 2. The third-order valence-electron chi connectivity index (χ3n) is 1.45. The molecule has 0 bridgehead atoms. The van der Waals surface area contributed by atoms with Crippen molar-refractivity contribution < 1.29 is 0 Å². The Morgan fingerprint density at radius 3 is 1.55 bits per heavy atom. The average molecular weight is 156 g/mol. The van der Waals surface area contributed by atoms with Crippen molar-refractivity contribution in [2.45, 2.75) is 6.42 Å². The summed E-state index contributed by atoms with van der Waals surface area (Å²) in [6, 6.07) is 0. The minimum absolute atomic E-state index is 0.736. The van der Waals surface area contributed by atoms with Crippen LogP contribution in [0.15, 0.2) is 9.98 Å². The summed E-state index contributed by atoms with van der Waals surface area (Å²) in [4.78, 5) is 8.05. The van der Waals surface area contributed by atoms with E-state index in [9.17, 15) is 0 Å². The van der Waals surface area contributed by atoms with Crippen LogP contribution in [-0.4, -0.2) is 39.9 Å². The lowest BCUT2D eigenvalue weighted by Gasteiger charge is -2.06. The van der Waals surface area contributed by atoms with Crippen molar-refractivity contribution in [1.82, 2.24) is 10.6 Å². The summed E-state index contributed by atoms with van der Waals surface area (Å²) in [5, 5.41) is 5.96. The van der Waals surface area contributed by atoms with Gasteiger partial charge >= 0.3 is 0 Å². The van der Waals surface area contributed by atoms with E-state index in [0.717, 1.165) is 18.1 Å². The van der Waals surface area contributed by atoms with E-state index < -0.39 is 0 Å². The Labute approximate surface area is 67.8 Å². The van der Waals surface area contributed by atoms with Crippen molar-refractivity contribution in [2.75, 3.05) is 28.2 Å². The molecule has 0 spiro atoms. The molecule has 0 atom stereocenters. The Bertz CT molecular complexity index is 142. The van der Waals surface area contributed by atoms with Gasteiger partial charge in [0.2, 0.25) is 0 Å². The predicted molar refractivity (Wildman–Crippen MR) is 49.5 cm³/mol. The molecule has 0 heterocycles. The smallest absolute Gasteiger partial charge is 0.103 e. The minimum Gasteiger partial charge on any atom is -0.377 e. The normalized spacial score (nSPS) is 13.1. The van der Waals surface area contributed by atoms with Crippen LogP contribution in [0.3, 0.4) is 0 Å². The first-order valence-electron chi connectivity index (χ1n) is 3.55. The van der Waals surface area contributed by atoms with Crippen LogP contribution in [0.2, 0.25) is 0 Å². The highest BCUT2D eigenvalue weighted by atomic mass is 15.0. The highest BCUT2D eigenvalue weighted by molar-refractivity contribution is 6.02. The quantitative estimate of drug-likeness (QED) is 0.432. The number of amidine groups is 2. The molecular formula is C7H16N4. The van der Waals surface area contributed by atoms with Crippen LogP contribution < -0.4 is 10.6 Å². The Morgan fingerprint density at radius 1 is 1.00 bits per heavy atom. The number of aliphatic imine (C=N–C) groups is 2. The van der Waals surface area contributed by atoms with Gasteiger partial charge < -0.3 is 10.6 Å². The van der Waals surface area contributed by atoms with Crippen molar-refractivity contribution in [1.29, 1.82) is 0 Å². The van der Waals surface area contributed by atoms with E-state index >= 15 is 0 Å². The average Bonchev–Trinajstić information content (AvgIpc) is 2.07. The first kappa shape index (κ1) is 9.94. The van der Waals surface area contributed by atoms with Crippen LogP contribution in [0.4, 0.5) is 0 Å². The Kier molecular flexibility index (Phi) is 5.15. The zero-order valence-electron chi connectivity index (χ0n) is 7.60. The van der Waals surface area contributed by atoms with Crippen molar-refractivity contribution in [2.24, 2.45) is 9.98 Å². The first-order chi connectivity index (χ1) is 5.28. The van der Waals surface area contributed by atoms with Gasteiger partial charge in [0.25, 0.3) is 0 Å². The molecule has 0 radical (unpaired) electrons.